The molecule has 2 aliphatic rings. The number of hydrogen-bond acceptors (Lipinski definition) is 1. The van der Waals surface area contributed by atoms with Crippen molar-refractivity contribution in [3.63, 3.8) is 0 Å². The van der Waals surface area contributed by atoms with Gasteiger partial charge in [-0.15, -0.1) is 0 Å². The maximum Gasteiger partial charge on any atom is 0.307 e. The predicted octanol–water partition coefficient (Wildman–Crippen LogP) is 1.90. The van der Waals surface area contributed by atoms with Crippen LogP contribution in [-0.2, 0) is 4.79 Å². The highest BCUT2D eigenvalue weighted by Crippen LogP contribution is 2.62. The molecule has 0 heterocycles. The molecule has 0 aromatic heterocycles. The van der Waals surface area contributed by atoms with Gasteiger partial charge in [-0.2, -0.15) is 0 Å². The Labute approximate surface area is 66.6 Å². The minimum absolute atomic E-state index is 0.0206. The van der Waals surface area contributed by atoms with Crippen LogP contribution in [0.1, 0.15) is 32.6 Å². The zero-order valence-electron chi connectivity index (χ0n) is 6.84. The zero-order valence-corrected chi connectivity index (χ0v) is 6.84. The summed E-state index contributed by atoms with van der Waals surface area (Å²) in [5.41, 5.74) is 0.185. The summed E-state index contributed by atoms with van der Waals surface area (Å²) in [5.74, 6) is 0.121. The molecule has 1 N–H and O–H groups in total. The van der Waals surface area contributed by atoms with E-state index in [1.54, 1.807) is 0 Å². The van der Waals surface area contributed by atoms with Gasteiger partial charge >= 0.3 is 5.97 Å². The van der Waals surface area contributed by atoms with Crippen molar-refractivity contribution in [2.45, 2.75) is 32.6 Å². The molecule has 2 atom stereocenters. The molecular formula is C9H14O2. The fraction of sp³-hybridized carbons (Fsp3) is 0.889. The second-order valence-corrected chi connectivity index (χ2v) is 4.23. The van der Waals surface area contributed by atoms with Crippen molar-refractivity contribution < 1.29 is 9.90 Å². The van der Waals surface area contributed by atoms with Gasteiger partial charge in [-0.05, 0) is 30.6 Å². The lowest BCUT2D eigenvalue weighted by Gasteiger charge is -2.32. The van der Waals surface area contributed by atoms with Crippen LogP contribution in [0.2, 0.25) is 0 Å². The molecule has 0 unspecified atom stereocenters. The summed E-state index contributed by atoms with van der Waals surface area (Å²) in [6, 6.07) is 0. The maximum absolute atomic E-state index is 10.6. The summed E-state index contributed by atoms with van der Waals surface area (Å²) in [5, 5.41) is 8.76. The molecule has 0 aliphatic heterocycles. The smallest absolute Gasteiger partial charge is 0.307 e. The Morgan fingerprint density at radius 2 is 2.18 bits per heavy atom. The predicted molar refractivity (Wildman–Crippen MR) is 41.2 cm³/mol. The van der Waals surface area contributed by atoms with Crippen LogP contribution < -0.4 is 0 Å². The fourth-order valence-electron chi connectivity index (χ4n) is 2.27. The number of carbonyl (C=O) groups is 1. The lowest BCUT2D eigenvalue weighted by atomic mass is 9.73. The fourth-order valence-corrected chi connectivity index (χ4v) is 2.27. The maximum atomic E-state index is 10.6. The Morgan fingerprint density at radius 1 is 1.55 bits per heavy atom. The van der Waals surface area contributed by atoms with Gasteiger partial charge in [0.25, 0.3) is 0 Å². The van der Waals surface area contributed by atoms with Crippen molar-refractivity contribution in [3.8, 4) is 0 Å². The van der Waals surface area contributed by atoms with Crippen LogP contribution >= 0.6 is 0 Å². The number of carboxylic acid groups (broad SMARTS) is 1. The number of rotatable bonds is 2. The first-order valence-electron chi connectivity index (χ1n) is 4.37. The van der Waals surface area contributed by atoms with E-state index in [2.05, 4.69) is 6.92 Å². The Balaban J connectivity index is 1.99. The van der Waals surface area contributed by atoms with E-state index in [1.165, 1.54) is 19.3 Å². The molecule has 0 amide bonds. The van der Waals surface area contributed by atoms with E-state index in [4.69, 9.17) is 5.11 Å². The Morgan fingerprint density at radius 3 is 2.45 bits per heavy atom. The Kier molecular flexibility index (Phi) is 1.29. The van der Waals surface area contributed by atoms with Crippen LogP contribution in [0.5, 0.6) is 0 Å². The zero-order chi connectivity index (χ0) is 8.06. The van der Waals surface area contributed by atoms with Gasteiger partial charge in [0.05, 0.1) is 5.92 Å². The van der Waals surface area contributed by atoms with Crippen LogP contribution in [0.15, 0.2) is 0 Å². The first-order valence-corrected chi connectivity index (χ1v) is 4.37. The molecule has 62 valence electrons. The van der Waals surface area contributed by atoms with Crippen molar-refractivity contribution in [1.82, 2.24) is 0 Å². The molecule has 2 saturated carbocycles. The largest absolute Gasteiger partial charge is 0.481 e. The van der Waals surface area contributed by atoms with Crippen molar-refractivity contribution in [3.05, 3.63) is 0 Å². The summed E-state index contributed by atoms with van der Waals surface area (Å²) < 4.78 is 0. The number of aliphatic carboxylic acids is 1. The summed E-state index contributed by atoms with van der Waals surface area (Å²) in [6.07, 6.45) is 4.76. The van der Waals surface area contributed by atoms with Crippen molar-refractivity contribution in [2.24, 2.45) is 17.3 Å². The monoisotopic (exact) mass is 154 g/mol. The Hall–Kier alpha value is -0.530. The average Bonchev–Trinajstić information content (AvgIpc) is 2.37. The van der Waals surface area contributed by atoms with Crippen LogP contribution in [-0.4, -0.2) is 11.1 Å². The van der Waals surface area contributed by atoms with E-state index in [0.717, 1.165) is 12.3 Å². The lowest BCUT2D eigenvalue weighted by molar-refractivity contribution is -0.139. The van der Waals surface area contributed by atoms with Gasteiger partial charge in [0.2, 0.25) is 0 Å². The highest BCUT2D eigenvalue weighted by molar-refractivity contribution is 5.74. The van der Waals surface area contributed by atoms with Gasteiger partial charge in [-0.3, -0.25) is 4.79 Å². The van der Waals surface area contributed by atoms with E-state index in [0.29, 0.717) is 0 Å². The average molecular weight is 154 g/mol. The highest BCUT2D eigenvalue weighted by atomic mass is 16.4. The molecule has 0 radical (unpaired) electrons. The van der Waals surface area contributed by atoms with Crippen LogP contribution in [0.25, 0.3) is 0 Å². The second-order valence-electron chi connectivity index (χ2n) is 4.23. The molecule has 0 saturated heterocycles. The van der Waals surface area contributed by atoms with Gasteiger partial charge in [0, 0.05) is 0 Å². The normalized spacial score (nSPS) is 43.2. The number of carboxylic acids is 1. The molecular weight excluding hydrogens is 140 g/mol. The molecule has 2 aliphatic carbocycles. The molecule has 11 heavy (non-hydrogen) atoms. The Bertz CT molecular complexity index is 196. The molecule has 2 rings (SSSR count). The van der Waals surface area contributed by atoms with Gasteiger partial charge in [-0.25, -0.2) is 0 Å². The second kappa shape index (κ2) is 1.99. The quantitative estimate of drug-likeness (QED) is 0.659. The minimum Gasteiger partial charge on any atom is -0.481 e. The first-order chi connectivity index (χ1) is 5.14. The van der Waals surface area contributed by atoms with E-state index in [-0.39, 0.29) is 11.3 Å². The summed E-state index contributed by atoms with van der Waals surface area (Å²) in [4.78, 5) is 10.6. The van der Waals surface area contributed by atoms with Crippen molar-refractivity contribution >= 4 is 5.97 Å². The third kappa shape index (κ3) is 0.883. The van der Waals surface area contributed by atoms with Crippen LogP contribution in [0, 0.1) is 17.3 Å². The molecule has 2 heteroatoms. The van der Waals surface area contributed by atoms with E-state index in [9.17, 15) is 4.79 Å². The van der Waals surface area contributed by atoms with Gasteiger partial charge in [0.15, 0.2) is 0 Å². The molecule has 0 aromatic carbocycles. The SMILES string of the molecule is C[C@]1(C2CCC2)C[C@@H]1C(=O)O. The topological polar surface area (TPSA) is 37.3 Å². The van der Waals surface area contributed by atoms with E-state index in [1.807, 2.05) is 0 Å². The van der Waals surface area contributed by atoms with Crippen molar-refractivity contribution in [2.75, 3.05) is 0 Å². The lowest BCUT2D eigenvalue weighted by Crippen LogP contribution is -2.24. The first kappa shape index (κ1) is 7.14. The van der Waals surface area contributed by atoms with E-state index >= 15 is 0 Å². The standard InChI is InChI=1S/C9H14O2/c1-9(6-3-2-4-6)5-7(9)8(10)11/h6-7H,2-5H2,1H3,(H,10,11)/t7-,9-/m1/s1. The molecule has 2 nitrogen and oxygen atoms in total. The van der Waals surface area contributed by atoms with Crippen LogP contribution in [0.4, 0.5) is 0 Å². The van der Waals surface area contributed by atoms with Crippen LogP contribution in [0.3, 0.4) is 0 Å². The summed E-state index contributed by atoms with van der Waals surface area (Å²) in [7, 11) is 0. The van der Waals surface area contributed by atoms with Gasteiger partial charge < -0.3 is 5.11 Å². The summed E-state index contributed by atoms with van der Waals surface area (Å²) in [6.45, 7) is 2.13. The molecule has 0 spiro atoms. The molecule has 0 aromatic rings. The molecule has 0 bridgehead atoms. The highest BCUT2D eigenvalue weighted by Gasteiger charge is 2.59. The van der Waals surface area contributed by atoms with Crippen molar-refractivity contribution in [1.29, 1.82) is 0 Å². The minimum atomic E-state index is -0.584. The van der Waals surface area contributed by atoms with E-state index < -0.39 is 5.97 Å². The summed E-state index contributed by atoms with van der Waals surface area (Å²) >= 11 is 0. The third-order valence-corrected chi connectivity index (χ3v) is 3.62. The van der Waals surface area contributed by atoms with Gasteiger partial charge in [-0.1, -0.05) is 13.3 Å². The molecule has 2 fully saturated rings. The number of hydrogen-bond donors (Lipinski definition) is 1. The van der Waals surface area contributed by atoms with Gasteiger partial charge in [0.1, 0.15) is 0 Å². The third-order valence-electron chi connectivity index (χ3n) is 3.62.